The fourth-order valence-electron chi connectivity index (χ4n) is 1.41. The zero-order valence-corrected chi connectivity index (χ0v) is 51.6. The summed E-state index contributed by atoms with van der Waals surface area (Å²) in [6, 6.07) is 0. The van der Waals surface area contributed by atoms with Gasteiger partial charge in [0.15, 0.2) is 34.8 Å². The zero-order chi connectivity index (χ0) is 62.4. The molecule has 0 fully saturated rings. The van der Waals surface area contributed by atoms with Gasteiger partial charge in [0.2, 0.25) is 13.2 Å². The minimum atomic E-state index is -4.76. The summed E-state index contributed by atoms with van der Waals surface area (Å²) >= 11 is 67.6. The van der Waals surface area contributed by atoms with Crippen molar-refractivity contribution in [3.05, 3.63) is 0 Å². The van der Waals surface area contributed by atoms with Gasteiger partial charge in [-0.25, -0.2) is 0 Å². The molecule has 11 nitrogen and oxygen atoms in total. The second-order valence-corrected chi connectivity index (χ2v) is 40.7. The first-order valence-corrected chi connectivity index (χ1v) is 35.4. The number of nitrogens with one attached hydrogen (secondary N) is 1. The Balaban J connectivity index is -0.0000000608. The first-order chi connectivity index (χ1) is 32.5. The number of alkyl halides is 28. The van der Waals surface area contributed by atoms with E-state index in [1.165, 1.54) is 7.05 Å². The van der Waals surface area contributed by atoms with Gasteiger partial charge in [0.25, 0.3) is 15.5 Å². The Morgan fingerprint density at radius 1 is 0.425 bits per heavy atom. The van der Waals surface area contributed by atoms with Crippen molar-refractivity contribution in [1.82, 2.24) is 5.32 Å². The molecule has 506 valence electrons. The molecule has 0 saturated heterocycles. The van der Waals surface area contributed by atoms with Crippen LogP contribution < -0.4 is 5.32 Å². The van der Waals surface area contributed by atoms with Gasteiger partial charge >= 0.3 is 122 Å². The molecule has 0 rings (SSSR count). The Hall–Kier alpha value is 4.36. The average Bonchev–Trinajstić information content (AvgIpc) is 3.11. The van der Waals surface area contributed by atoms with Crippen LogP contribution in [-0.4, -0.2) is 126 Å². The SMILES string of the molecule is C.C.C.C.CNCP(OCC(F)(F)F)OCC(F)(F)F.Cl.ClCCl.ClCCl.ClP(Cl)(Cl)(Cl)Cl.FC(F)(F)COP(Cl)OCC(F)(F)F.FC(F)(F)COP(Cl)OCC(F)(F)F.O=P(Cl)(Cl)Cl.O=[P+](OCC(F)(F)F)OCC(F)(F)F. The van der Waals surface area contributed by atoms with Gasteiger partial charge in [-0.2, -0.15) is 105 Å². The molecule has 0 aliphatic carbocycles. The van der Waals surface area contributed by atoms with E-state index in [1.54, 1.807) is 0 Å². The van der Waals surface area contributed by atoms with E-state index in [0.717, 1.165) is 0 Å². The molecule has 0 saturated carbocycles. The largest absolute Gasteiger partial charge is 0.698 e. The van der Waals surface area contributed by atoms with Crippen LogP contribution >= 0.6 is 212 Å². The van der Waals surface area contributed by atoms with Crippen molar-refractivity contribution in [2.75, 3.05) is 76.9 Å². The molecule has 0 aromatic heterocycles. The Morgan fingerprint density at radius 2 is 0.562 bits per heavy atom. The standard InChI is InChI=1S/C6H10F6NO2P.2C4H4ClF6O2P.C4H4F6O3P.2CH2Cl2.4CH4.Cl5P.Cl3OP.ClH/c1-13-4-16(14-2-5(7,8)9)15-3-6(10,11)12;2*5-14(12-1-3(6,7)8)13-2-4(9,10)11;5-3(6,7)1-12-14(11)13-2-4(8,9)10;2*2-1-3;;;;;1-6(2,3,4)5;1-5(2,3)4;/h13H,2-4H2,1H3;3*1-2H2;2*1H2;4*1H4;;;1H/q;;;+1;;;;;;;;;. The molecule has 0 radical (unpaired) electrons. The molecule has 0 heterocycles. The molecule has 0 aromatic carbocycles. The van der Waals surface area contributed by atoms with Crippen LogP contribution in [0.4, 0.5) is 105 Å². The number of hydrogen-bond acceptors (Lipinski definition) is 11. The Morgan fingerprint density at radius 3 is 0.688 bits per heavy atom. The van der Waals surface area contributed by atoms with E-state index in [2.05, 4.69) is 75.2 Å². The maximum atomic E-state index is 11.7. The Labute approximate surface area is 520 Å². The summed E-state index contributed by atoms with van der Waals surface area (Å²) in [4.78, 5) is 0. The molecule has 0 aliphatic rings. The maximum absolute atomic E-state index is 11.7. The first kappa shape index (κ1) is 115. The van der Waals surface area contributed by atoms with Crippen LogP contribution in [-0.2, 0) is 45.3 Å². The molecule has 0 aromatic rings. The van der Waals surface area contributed by atoms with Crippen molar-refractivity contribution in [2.24, 2.45) is 0 Å². The van der Waals surface area contributed by atoms with Gasteiger partial charge in [-0.15, -0.1) is 67.9 Å². The normalized spacial score (nSPS) is 12.4. The molecule has 80 heavy (non-hydrogen) atoms. The monoisotopic (exact) mass is 1670 g/mol. The fourth-order valence-corrected chi connectivity index (χ4v) is 4.81. The number of halogens is 39. The first-order valence-electron chi connectivity index (χ1n) is 15.4. The predicted molar refractivity (Wildman–Crippen MR) is 279 cm³/mol. The van der Waals surface area contributed by atoms with Crippen molar-refractivity contribution >= 4 is 212 Å². The van der Waals surface area contributed by atoms with Gasteiger partial charge in [-0.1, -0.05) is 29.7 Å². The van der Waals surface area contributed by atoms with E-state index in [9.17, 15) is 115 Å². The maximum Gasteiger partial charge on any atom is 0.698 e. The zero-order valence-electron chi connectivity index (χ0n) is 34.8. The molecular weight excluding hydrogens is 1640 g/mol. The van der Waals surface area contributed by atoms with E-state index in [4.69, 9.17) is 125 Å². The van der Waals surface area contributed by atoms with Gasteiger partial charge in [0.1, 0.15) is 13.2 Å². The number of rotatable bonds is 18. The van der Waals surface area contributed by atoms with E-state index in [1.807, 2.05) is 0 Å². The third-order valence-electron chi connectivity index (χ3n) is 3.02. The minimum Gasteiger partial charge on any atom is -0.313 e. The Bertz CT molecular complexity index is 1310. The average molecular weight is 1680 g/mol. The van der Waals surface area contributed by atoms with Crippen LogP contribution in [0.1, 0.15) is 29.7 Å². The molecule has 0 aliphatic heterocycles. The van der Waals surface area contributed by atoms with Gasteiger partial charge in [0.05, 0.1) is 17.0 Å². The summed E-state index contributed by atoms with van der Waals surface area (Å²) in [5.41, 5.74) is 0. The molecule has 0 unspecified atom stereocenters. The van der Waals surface area contributed by atoms with Crippen LogP contribution in [0.25, 0.3) is 0 Å². The predicted octanol–water partition coefficient (Wildman–Crippen LogP) is 25.6. The van der Waals surface area contributed by atoms with E-state index in [0.29, 0.717) is 0 Å². The van der Waals surface area contributed by atoms with E-state index in [-0.39, 0.29) is 59.1 Å². The van der Waals surface area contributed by atoms with Crippen LogP contribution in [0.3, 0.4) is 0 Å². The topological polar surface area (TPSA) is 120 Å². The van der Waals surface area contributed by atoms with Gasteiger partial charge in [-0.3, -0.25) is 4.57 Å². The van der Waals surface area contributed by atoms with Crippen molar-refractivity contribution in [3.8, 4) is 0 Å². The summed E-state index contributed by atoms with van der Waals surface area (Å²) in [5.74, 6) is 0. The summed E-state index contributed by atoms with van der Waals surface area (Å²) in [5, 5.41) is -0.449. The van der Waals surface area contributed by atoms with Crippen LogP contribution in [0, 0.1) is 0 Å². The molecule has 0 spiro atoms. The smallest absolute Gasteiger partial charge is 0.313 e. The van der Waals surface area contributed by atoms with Crippen LogP contribution in [0.2, 0.25) is 0 Å². The quantitative estimate of drug-likeness (QED) is 0.0802. The van der Waals surface area contributed by atoms with Crippen LogP contribution in [0.5, 0.6) is 0 Å². The Kier molecular flexibility index (Phi) is 80.8. The minimum absolute atomic E-state index is 0. The summed E-state index contributed by atoms with van der Waals surface area (Å²) in [7, 11) is -9.63. The molecule has 56 heteroatoms. The fraction of sp³-hybridized carbons (Fsp3) is 1.00. The van der Waals surface area contributed by atoms with Crippen LogP contribution in [0.15, 0.2) is 0 Å². The van der Waals surface area contributed by atoms with Crippen molar-refractivity contribution < 1.29 is 151 Å². The van der Waals surface area contributed by atoms with Gasteiger partial charge in [0, 0.05) is 4.57 Å². The third kappa shape index (κ3) is 178. The van der Waals surface area contributed by atoms with Crippen molar-refractivity contribution in [3.63, 3.8) is 0 Å². The molecule has 0 atom stereocenters. The molecular formula is C24H43Cl15F24NO10P6+. The van der Waals surface area contributed by atoms with Gasteiger partial charge in [-0.05, 0) is 63.3 Å². The van der Waals surface area contributed by atoms with Crippen molar-refractivity contribution in [1.29, 1.82) is 0 Å². The van der Waals surface area contributed by atoms with Gasteiger partial charge < -0.3 is 32.5 Å². The summed E-state index contributed by atoms with van der Waals surface area (Å²) in [6.45, 7) is -14.0. The molecule has 0 amide bonds. The molecule has 0 bridgehead atoms. The number of hydrogen-bond donors (Lipinski definition) is 1. The van der Waals surface area contributed by atoms with E-state index >= 15 is 0 Å². The summed E-state index contributed by atoms with van der Waals surface area (Å²) in [6.07, 6.45) is -37.5. The third-order valence-corrected chi connectivity index (χ3v) is 7.61. The second-order valence-electron chi connectivity index (χ2n) is 9.84. The summed E-state index contributed by atoms with van der Waals surface area (Å²) < 4.78 is 322. The van der Waals surface area contributed by atoms with Crippen molar-refractivity contribution in [2.45, 2.75) is 79.1 Å². The second kappa shape index (κ2) is 56.1. The van der Waals surface area contributed by atoms with E-state index < -0.39 is 143 Å². The molecule has 1 N–H and O–H groups in total.